The lowest BCUT2D eigenvalue weighted by molar-refractivity contribution is -0.142. The van der Waals surface area contributed by atoms with Crippen molar-refractivity contribution in [3.05, 3.63) is 69.5 Å². The topological polar surface area (TPSA) is 40.5 Å². The van der Waals surface area contributed by atoms with E-state index in [1.165, 1.54) is 12.1 Å². The number of carboxylic acids is 1. The molecule has 0 saturated carbocycles. The summed E-state index contributed by atoms with van der Waals surface area (Å²) in [5.74, 6) is -1.18. The number of halogens is 3. The van der Waals surface area contributed by atoms with Crippen LogP contribution in [0.5, 0.6) is 0 Å². The first-order valence-corrected chi connectivity index (χ1v) is 8.42. The minimum Gasteiger partial charge on any atom is -0.480 e. The van der Waals surface area contributed by atoms with Gasteiger partial charge in [0.1, 0.15) is 11.9 Å². The molecule has 0 spiro atoms. The number of hydrogen-bond acceptors (Lipinski definition) is 2. The summed E-state index contributed by atoms with van der Waals surface area (Å²) in [5, 5.41) is 10.4. The van der Waals surface area contributed by atoms with Crippen molar-refractivity contribution in [2.24, 2.45) is 0 Å². The number of likely N-dealkylation sites (tertiary alicyclic amines) is 1. The molecule has 3 rings (SSSR count). The standard InChI is InChI=1S/C18H16Cl2FNO2/c19-14-8-5-12(10-15(14)20)17(11-3-6-13(21)7-4-11)22-9-1-2-16(22)18(23)24/h3-8,10,16-17H,1-2,9H2,(H,23,24)/t16-,17?/m0/s1. The van der Waals surface area contributed by atoms with E-state index in [2.05, 4.69) is 0 Å². The monoisotopic (exact) mass is 367 g/mol. The fourth-order valence-corrected chi connectivity index (χ4v) is 3.57. The van der Waals surface area contributed by atoms with Gasteiger partial charge in [0.25, 0.3) is 0 Å². The van der Waals surface area contributed by atoms with Crippen molar-refractivity contribution in [1.82, 2.24) is 4.90 Å². The van der Waals surface area contributed by atoms with E-state index in [1.54, 1.807) is 24.3 Å². The Kier molecular flexibility index (Phi) is 5.09. The third kappa shape index (κ3) is 3.41. The van der Waals surface area contributed by atoms with Crippen LogP contribution in [0.2, 0.25) is 10.0 Å². The Morgan fingerprint density at radius 1 is 1.12 bits per heavy atom. The minimum absolute atomic E-state index is 0.316. The number of rotatable bonds is 4. The summed E-state index contributed by atoms with van der Waals surface area (Å²) in [5.41, 5.74) is 1.66. The van der Waals surface area contributed by atoms with Gasteiger partial charge in [-0.05, 0) is 48.2 Å². The van der Waals surface area contributed by atoms with Gasteiger partial charge in [-0.3, -0.25) is 9.69 Å². The molecular weight excluding hydrogens is 352 g/mol. The van der Waals surface area contributed by atoms with E-state index in [9.17, 15) is 14.3 Å². The molecular formula is C18H16Cl2FNO2. The van der Waals surface area contributed by atoms with Crippen LogP contribution in [0.1, 0.15) is 30.0 Å². The second kappa shape index (κ2) is 7.09. The minimum atomic E-state index is -0.848. The molecule has 0 bridgehead atoms. The first kappa shape index (κ1) is 17.2. The van der Waals surface area contributed by atoms with Crippen molar-refractivity contribution < 1.29 is 14.3 Å². The average Bonchev–Trinajstić information content (AvgIpc) is 3.02. The number of benzene rings is 2. The maximum atomic E-state index is 13.3. The number of hydrogen-bond donors (Lipinski definition) is 1. The van der Waals surface area contributed by atoms with Gasteiger partial charge in [-0.15, -0.1) is 0 Å². The molecule has 1 unspecified atom stereocenters. The van der Waals surface area contributed by atoms with Crippen LogP contribution in [-0.2, 0) is 4.79 Å². The van der Waals surface area contributed by atoms with Crippen LogP contribution in [0.25, 0.3) is 0 Å². The molecule has 2 aromatic carbocycles. The molecule has 1 heterocycles. The zero-order chi connectivity index (χ0) is 17.3. The van der Waals surface area contributed by atoms with E-state index < -0.39 is 12.0 Å². The highest BCUT2D eigenvalue weighted by atomic mass is 35.5. The lowest BCUT2D eigenvalue weighted by atomic mass is 9.96. The van der Waals surface area contributed by atoms with Crippen LogP contribution in [0.4, 0.5) is 4.39 Å². The van der Waals surface area contributed by atoms with Crippen molar-refractivity contribution in [3.8, 4) is 0 Å². The number of nitrogens with zero attached hydrogens (tertiary/aromatic N) is 1. The van der Waals surface area contributed by atoms with Crippen molar-refractivity contribution in [2.75, 3.05) is 6.54 Å². The third-order valence-electron chi connectivity index (χ3n) is 4.36. The molecule has 1 aliphatic heterocycles. The van der Waals surface area contributed by atoms with Crippen molar-refractivity contribution in [2.45, 2.75) is 24.9 Å². The summed E-state index contributed by atoms with van der Waals surface area (Å²) in [6.07, 6.45) is 1.39. The second-order valence-electron chi connectivity index (χ2n) is 5.86. The van der Waals surface area contributed by atoms with Gasteiger partial charge in [0.05, 0.1) is 16.1 Å². The highest BCUT2D eigenvalue weighted by Gasteiger charge is 2.36. The SMILES string of the molecule is O=C(O)[C@@H]1CCCN1C(c1ccc(F)cc1)c1ccc(Cl)c(Cl)c1. The fraction of sp³-hybridized carbons (Fsp3) is 0.278. The Bertz CT molecular complexity index is 751. The second-order valence-corrected chi connectivity index (χ2v) is 6.68. The Labute approximate surface area is 149 Å². The van der Waals surface area contributed by atoms with Crippen molar-refractivity contribution in [3.63, 3.8) is 0 Å². The Balaban J connectivity index is 2.08. The summed E-state index contributed by atoms with van der Waals surface area (Å²) < 4.78 is 13.3. The number of carbonyl (C=O) groups is 1. The Morgan fingerprint density at radius 2 is 1.79 bits per heavy atom. The molecule has 2 atom stereocenters. The van der Waals surface area contributed by atoms with E-state index in [1.807, 2.05) is 11.0 Å². The number of aliphatic carboxylic acids is 1. The van der Waals surface area contributed by atoms with Gasteiger partial charge >= 0.3 is 5.97 Å². The molecule has 0 radical (unpaired) electrons. The molecule has 3 nitrogen and oxygen atoms in total. The molecule has 0 aliphatic carbocycles. The van der Waals surface area contributed by atoms with Gasteiger partial charge in [-0.2, -0.15) is 0 Å². The number of carboxylic acid groups (broad SMARTS) is 1. The molecule has 0 aromatic heterocycles. The molecule has 6 heteroatoms. The quantitative estimate of drug-likeness (QED) is 0.845. The summed E-state index contributed by atoms with van der Waals surface area (Å²) in [6.45, 7) is 0.652. The maximum absolute atomic E-state index is 13.3. The van der Waals surface area contributed by atoms with Gasteiger partial charge in [-0.25, -0.2) is 4.39 Å². The predicted molar refractivity (Wildman–Crippen MR) is 92.1 cm³/mol. The highest BCUT2D eigenvalue weighted by molar-refractivity contribution is 6.42. The van der Waals surface area contributed by atoms with E-state index in [0.717, 1.165) is 17.5 Å². The first-order valence-electron chi connectivity index (χ1n) is 7.66. The molecule has 0 amide bonds. The Hall–Kier alpha value is -1.62. The summed E-state index contributed by atoms with van der Waals surface area (Å²) >= 11 is 12.2. The van der Waals surface area contributed by atoms with Crippen molar-refractivity contribution >= 4 is 29.2 Å². The van der Waals surface area contributed by atoms with Gasteiger partial charge in [0, 0.05) is 6.54 Å². The van der Waals surface area contributed by atoms with Crippen LogP contribution in [0.3, 0.4) is 0 Å². The van der Waals surface area contributed by atoms with E-state index >= 15 is 0 Å². The highest BCUT2D eigenvalue weighted by Crippen LogP contribution is 2.37. The molecule has 1 N–H and O–H groups in total. The molecule has 1 fully saturated rings. The molecule has 1 saturated heterocycles. The van der Waals surface area contributed by atoms with Crippen molar-refractivity contribution in [1.29, 1.82) is 0 Å². The summed E-state index contributed by atoms with van der Waals surface area (Å²) in [4.78, 5) is 13.5. The van der Waals surface area contributed by atoms with Crippen LogP contribution in [-0.4, -0.2) is 28.6 Å². The smallest absolute Gasteiger partial charge is 0.320 e. The summed E-state index contributed by atoms with van der Waals surface area (Å²) in [7, 11) is 0. The zero-order valence-electron chi connectivity index (χ0n) is 12.8. The average molecular weight is 368 g/mol. The van der Waals surface area contributed by atoms with Gasteiger partial charge in [-0.1, -0.05) is 41.4 Å². The molecule has 126 valence electrons. The van der Waals surface area contributed by atoms with Crippen LogP contribution < -0.4 is 0 Å². The first-order chi connectivity index (χ1) is 11.5. The normalized spacial score (nSPS) is 19.4. The van der Waals surface area contributed by atoms with Gasteiger partial charge in [0.2, 0.25) is 0 Å². The predicted octanol–water partition coefficient (Wildman–Crippen LogP) is 4.77. The zero-order valence-corrected chi connectivity index (χ0v) is 14.3. The molecule has 24 heavy (non-hydrogen) atoms. The van der Waals surface area contributed by atoms with Crippen LogP contribution in [0.15, 0.2) is 42.5 Å². The van der Waals surface area contributed by atoms with Crippen LogP contribution >= 0.6 is 23.2 Å². The van der Waals surface area contributed by atoms with Gasteiger partial charge < -0.3 is 5.11 Å². The molecule has 1 aliphatic rings. The lowest BCUT2D eigenvalue weighted by Gasteiger charge is -2.32. The summed E-state index contributed by atoms with van der Waals surface area (Å²) in [6, 6.07) is 10.5. The fourth-order valence-electron chi connectivity index (χ4n) is 3.27. The molecule has 2 aromatic rings. The Morgan fingerprint density at radius 3 is 2.42 bits per heavy atom. The van der Waals surface area contributed by atoms with E-state index in [4.69, 9.17) is 23.2 Å². The largest absolute Gasteiger partial charge is 0.480 e. The van der Waals surface area contributed by atoms with E-state index in [0.29, 0.717) is 23.0 Å². The van der Waals surface area contributed by atoms with Crippen LogP contribution in [0, 0.1) is 5.82 Å². The van der Waals surface area contributed by atoms with Gasteiger partial charge in [0.15, 0.2) is 0 Å². The van der Waals surface area contributed by atoms with E-state index in [-0.39, 0.29) is 11.9 Å². The third-order valence-corrected chi connectivity index (χ3v) is 5.10. The maximum Gasteiger partial charge on any atom is 0.320 e. The lowest BCUT2D eigenvalue weighted by Crippen LogP contribution is -2.39.